The van der Waals surface area contributed by atoms with Crippen molar-refractivity contribution in [2.75, 3.05) is 31.1 Å². The highest BCUT2D eigenvalue weighted by atomic mass is 16.6. The van der Waals surface area contributed by atoms with Gasteiger partial charge in [0, 0.05) is 56.1 Å². The van der Waals surface area contributed by atoms with Crippen LogP contribution in [0.25, 0.3) is 6.08 Å². The quantitative estimate of drug-likeness (QED) is 0.474. The first-order valence-electron chi connectivity index (χ1n) is 8.28. The molecular formula is C18H19N5O3. The Bertz CT molecular complexity index is 827. The lowest BCUT2D eigenvalue weighted by Gasteiger charge is -2.34. The molecule has 0 spiro atoms. The molecule has 0 bridgehead atoms. The van der Waals surface area contributed by atoms with Gasteiger partial charge in [-0.15, -0.1) is 0 Å². The van der Waals surface area contributed by atoms with Crippen LogP contribution in [-0.4, -0.2) is 51.9 Å². The molecule has 1 aliphatic heterocycles. The molecule has 8 heteroatoms. The van der Waals surface area contributed by atoms with E-state index in [0.717, 1.165) is 17.1 Å². The lowest BCUT2D eigenvalue weighted by atomic mass is 10.2. The van der Waals surface area contributed by atoms with Gasteiger partial charge in [0.25, 0.3) is 5.69 Å². The molecule has 2 aromatic rings. The second kappa shape index (κ2) is 7.73. The van der Waals surface area contributed by atoms with Gasteiger partial charge in [0.15, 0.2) is 0 Å². The number of carbonyl (C=O) groups is 1. The molecule has 1 aromatic heterocycles. The van der Waals surface area contributed by atoms with E-state index in [9.17, 15) is 14.9 Å². The van der Waals surface area contributed by atoms with Crippen molar-refractivity contribution in [1.82, 2.24) is 14.9 Å². The number of hydrogen-bond donors (Lipinski definition) is 0. The van der Waals surface area contributed by atoms with E-state index in [1.54, 1.807) is 29.4 Å². The molecule has 1 aromatic carbocycles. The molecule has 0 saturated carbocycles. The van der Waals surface area contributed by atoms with Crippen LogP contribution < -0.4 is 4.90 Å². The summed E-state index contributed by atoms with van der Waals surface area (Å²) in [6.07, 6.45) is 4.73. The number of anilines is 1. The fourth-order valence-corrected chi connectivity index (χ4v) is 2.75. The van der Waals surface area contributed by atoms with Crippen molar-refractivity contribution in [1.29, 1.82) is 0 Å². The smallest absolute Gasteiger partial charge is 0.269 e. The lowest BCUT2D eigenvalue weighted by molar-refractivity contribution is -0.384. The van der Waals surface area contributed by atoms with E-state index in [2.05, 4.69) is 14.9 Å². The van der Waals surface area contributed by atoms with Gasteiger partial charge in [0.1, 0.15) is 12.1 Å². The number of aromatic nitrogens is 2. The highest BCUT2D eigenvalue weighted by Gasteiger charge is 2.20. The molecule has 0 radical (unpaired) electrons. The fraction of sp³-hybridized carbons (Fsp3) is 0.278. The van der Waals surface area contributed by atoms with Crippen molar-refractivity contribution >= 4 is 23.5 Å². The normalized spacial score (nSPS) is 14.7. The minimum Gasteiger partial charge on any atom is -0.353 e. The zero-order chi connectivity index (χ0) is 18.5. The number of non-ortho nitro benzene ring substituents is 1. The summed E-state index contributed by atoms with van der Waals surface area (Å²) in [5.41, 5.74) is 1.70. The van der Waals surface area contributed by atoms with Crippen LogP contribution in [0, 0.1) is 17.0 Å². The van der Waals surface area contributed by atoms with Crippen LogP contribution in [0.5, 0.6) is 0 Å². The number of hydrogen-bond acceptors (Lipinski definition) is 6. The van der Waals surface area contributed by atoms with Crippen LogP contribution in [0.2, 0.25) is 0 Å². The van der Waals surface area contributed by atoms with E-state index < -0.39 is 4.92 Å². The van der Waals surface area contributed by atoms with Crippen LogP contribution in [0.3, 0.4) is 0 Å². The number of rotatable bonds is 4. The van der Waals surface area contributed by atoms with Crippen LogP contribution in [0.4, 0.5) is 11.5 Å². The molecule has 134 valence electrons. The summed E-state index contributed by atoms with van der Waals surface area (Å²) >= 11 is 0. The molecule has 2 heterocycles. The second-order valence-electron chi connectivity index (χ2n) is 6.01. The molecule has 8 nitrogen and oxygen atoms in total. The molecule has 1 amide bonds. The largest absolute Gasteiger partial charge is 0.353 e. The molecule has 0 aliphatic carbocycles. The van der Waals surface area contributed by atoms with Crippen molar-refractivity contribution in [3.63, 3.8) is 0 Å². The molecule has 26 heavy (non-hydrogen) atoms. The van der Waals surface area contributed by atoms with Crippen molar-refractivity contribution in [2.45, 2.75) is 6.92 Å². The molecule has 0 N–H and O–H groups in total. The molecule has 0 atom stereocenters. The summed E-state index contributed by atoms with van der Waals surface area (Å²) in [5.74, 6) is 0.813. The van der Waals surface area contributed by atoms with E-state index in [4.69, 9.17) is 0 Å². The predicted octanol–water partition coefficient (Wildman–Crippen LogP) is 2.06. The maximum atomic E-state index is 12.3. The Morgan fingerprint density at radius 2 is 1.85 bits per heavy atom. The maximum absolute atomic E-state index is 12.3. The Hall–Kier alpha value is -3.29. The summed E-state index contributed by atoms with van der Waals surface area (Å²) in [5, 5.41) is 10.6. The Labute approximate surface area is 150 Å². The van der Waals surface area contributed by atoms with Crippen LogP contribution in [0.1, 0.15) is 11.3 Å². The van der Waals surface area contributed by atoms with Gasteiger partial charge in [0.05, 0.1) is 4.92 Å². The maximum Gasteiger partial charge on any atom is 0.269 e. The lowest BCUT2D eigenvalue weighted by Crippen LogP contribution is -2.48. The van der Waals surface area contributed by atoms with Gasteiger partial charge in [-0.2, -0.15) is 0 Å². The summed E-state index contributed by atoms with van der Waals surface area (Å²) in [6.45, 7) is 4.59. The first kappa shape index (κ1) is 17.5. The molecule has 1 fully saturated rings. The van der Waals surface area contributed by atoms with E-state index in [1.165, 1.54) is 18.2 Å². The first-order valence-corrected chi connectivity index (χ1v) is 8.28. The van der Waals surface area contributed by atoms with E-state index in [-0.39, 0.29) is 11.6 Å². The zero-order valence-electron chi connectivity index (χ0n) is 14.4. The van der Waals surface area contributed by atoms with Crippen LogP contribution in [-0.2, 0) is 4.79 Å². The third-order valence-electron chi connectivity index (χ3n) is 4.23. The average Bonchev–Trinajstić information content (AvgIpc) is 2.66. The number of nitro benzene ring substituents is 1. The first-order chi connectivity index (χ1) is 12.5. The summed E-state index contributed by atoms with van der Waals surface area (Å²) in [6, 6.07) is 8.03. The van der Waals surface area contributed by atoms with E-state index in [1.807, 2.05) is 13.0 Å². The Morgan fingerprint density at radius 1 is 1.15 bits per heavy atom. The third-order valence-corrected chi connectivity index (χ3v) is 4.23. The second-order valence-corrected chi connectivity index (χ2v) is 6.01. The predicted molar refractivity (Wildman–Crippen MR) is 97.7 cm³/mol. The summed E-state index contributed by atoms with van der Waals surface area (Å²) < 4.78 is 0. The molecular weight excluding hydrogens is 334 g/mol. The SMILES string of the molecule is Cc1cc(N2CCN(C(=O)/C=C/c3ccc([N+](=O)[O-])cc3)CC2)ncn1. The summed E-state index contributed by atoms with van der Waals surface area (Å²) in [4.78, 5) is 34.8. The highest BCUT2D eigenvalue weighted by molar-refractivity contribution is 5.92. The fourth-order valence-electron chi connectivity index (χ4n) is 2.75. The number of piperazine rings is 1. The van der Waals surface area contributed by atoms with Crippen LogP contribution >= 0.6 is 0 Å². The molecule has 0 unspecified atom stereocenters. The van der Waals surface area contributed by atoms with Crippen molar-refractivity contribution in [2.24, 2.45) is 0 Å². The zero-order valence-corrected chi connectivity index (χ0v) is 14.4. The van der Waals surface area contributed by atoms with Gasteiger partial charge in [0.2, 0.25) is 5.91 Å². The molecule has 1 aliphatic rings. The van der Waals surface area contributed by atoms with Gasteiger partial charge in [-0.1, -0.05) is 0 Å². The van der Waals surface area contributed by atoms with Crippen LogP contribution in [0.15, 0.2) is 42.7 Å². The number of aryl methyl sites for hydroxylation is 1. The van der Waals surface area contributed by atoms with Crippen molar-refractivity contribution in [3.05, 3.63) is 64.1 Å². The standard InChI is InChI=1S/C18H19N5O3/c1-14-12-17(20-13-19-14)21-8-10-22(11-9-21)18(24)7-4-15-2-5-16(6-3-15)23(25)26/h2-7,12-13H,8-11H2,1H3/b7-4+. The Balaban J connectivity index is 1.55. The van der Waals surface area contributed by atoms with Crippen molar-refractivity contribution < 1.29 is 9.72 Å². The number of nitro groups is 1. The van der Waals surface area contributed by atoms with Crippen molar-refractivity contribution in [3.8, 4) is 0 Å². The minimum absolute atomic E-state index is 0.0320. The van der Waals surface area contributed by atoms with Gasteiger partial charge >= 0.3 is 0 Å². The highest BCUT2D eigenvalue weighted by Crippen LogP contribution is 2.15. The number of amides is 1. The average molecular weight is 353 g/mol. The Morgan fingerprint density at radius 3 is 2.46 bits per heavy atom. The summed E-state index contributed by atoms with van der Waals surface area (Å²) in [7, 11) is 0. The van der Waals surface area contributed by atoms with Gasteiger partial charge in [-0.25, -0.2) is 9.97 Å². The van der Waals surface area contributed by atoms with Gasteiger partial charge in [-0.3, -0.25) is 14.9 Å². The number of nitrogens with zero attached hydrogens (tertiary/aromatic N) is 5. The number of benzene rings is 1. The third kappa shape index (κ3) is 4.21. The minimum atomic E-state index is -0.447. The van der Waals surface area contributed by atoms with E-state index >= 15 is 0 Å². The number of carbonyl (C=O) groups excluding carboxylic acids is 1. The Kier molecular flexibility index (Phi) is 5.21. The topological polar surface area (TPSA) is 92.5 Å². The van der Waals surface area contributed by atoms with Gasteiger partial charge < -0.3 is 9.80 Å². The molecule has 1 saturated heterocycles. The monoisotopic (exact) mass is 353 g/mol. The molecule has 3 rings (SSSR count). The van der Waals surface area contributed by atoms with E-state index in [0.29, 0.717) is 26.2 Å². The van der Waals surface area contributed by atoms with Gasteiger partial charge in [-0.05, 0) is 30.7 Å².